The van der Waals surface area contributed by atoms with E-state index in [0.717, 1.165) is 5.56 Å². The van der Waals surface area contributed by atoms with E-state index >= 15 is 0 Å². The Kier molecular flexibility index (Phi) is 7.38. The largest absolute Gasteiger partial charge is 0.457 e. The Morgan fingerprint density at radius 1 is 0.946 bits per heavy atom. The van der Waals surface area contributed by atoms with Gasteiger partial charge < -0.3 is 14.4 Å². The number of benzene rings is 3. The second-order valence-corrected chi connectivity index (χ2v) is 8.49. The zero-order valence-electron chi connectivity index (χ0n) is 19.8. The van der Waals surface area contributed by atoms with Crippen LogP contribution < -0.4 is 9.64 Å². The van der Waals surface area contributed by atoms with Gasteiger partial charge in [-0.3, -0.25) is 24.5 Å². The van der Waals surface area contributed by atoms with Crippen molar-refractivity contribution >= 4 is 35.0 Å². The number of aryl methyl sites for hydroxylation is 1. The molecule has 0 saturated carbocycles. The van der Waals surface area contributed by atoms with Crippen LogP contribution in [-0.2, 0) is 14.3 Å². The van der Waals surface area contributed by atoms with Crippen molar-refractivity contribution in [1.29, 1.82) is 0 Å². The SMILES string of the molecule is Cc1ccc(C(=O)Oc2ccc(C(=O)COC(=O)[C@H]3CC(=O)N(c4ccc([N+](=O)[O-])cc4)C3)cc2)cc1. The number of amides is 1. The van der Waals surface area contributed by atoms with Gasteiger partial charge in [-0.2, -0.15) is 0 Å². The summed E-state index contributed by atoms with van der Waals surface area (Å²) in [6, 6.07) is 18.2. The minimum Gasteiger partial charge on any atom is -0.457 e. The van der Waals surface area contributed by atoms with E-state index in [0.29, 0.717) is 11.3 Å². The van der Waals surface area contributed by atoms with E-state index in [1.807, 2.05) is 6.92 Å². The van der Waals surface area contributed by atoms with Crippen LogP contribution in [0.3, 0.4) is 0 Å². The number of anilines is 1. The molecule has 1 saturated heterocycles. The average molecular weight is 502 g/mol. The van der Waals surface area contributed by atoms with E-state index < -0.39 is 35.2 Å². The van der Waals surface area contributed by atoms with E-state index in [9.17, 15) is 29.3 Å². The molecule has 1 fully saturated rings. The number of ether oxygens (including phenoxy) is 2. The zero-order chi connectivity index (χ0) is 26.5. The number of carbonyl (C=O) groups excluding carboxylic acids is 4. The van der Waals surface area contributed by atoms with Gasteiger partial charge in [0.1, 0.15) is 5.75 Å². The summed E-state index contributed by atoms with van der Waals surface area (Å²) in [7, 11) is 0. The lowest BCUT2D eigenvalue weighted by molar-refractivity contribution is -0.384. The fourth-order valence-electron chi connectivity index (χ4n) is 3.77. The molecule has 1 aliphatic rings. The number of non-ortho nitro benzene ring substituents is 1. The van der Waals surface area contributed by atoms with Gasteiger partial charge in [0.15, 0.2) is 12.4 Å². The van der Waals surface area contributed by atoms with Crippen molar-refractivity contribution in [2.24, 2.45) is 5.92 Å². The summed E-state index contributed by atoms with van der Waals surface area (Å²) < 4.78 is 10.5. The number of hydrogen-bond donors (Lipinski definition) is 0. The first-order chi connectivity index (χ1) is 17.7. The molecule has 1 amide bonds. The molecule has 0 aliphatic carbocycles. The molecule has 0 radical (unpaired) electrons. The molecule has 1 heterocycles. The van der Waals surface area contributed by atoms with E-state index in [2.05, 4.69) is 0 Å². The Morgan fingerprint density at radius 3 is 2.19 bits per heavy atom. The van der Waals surface area contributed by atoms with Gasteiger partial charge in [0.2, 0.25) is 5.91 Å². The third-order valence-electron chi connectivity index (χ3n) is 5.85. The van der Waals surface area contributed by atoms with Gasteiger partial charge in [-0.05, 0) is 55.5 Å². The Balaban J connectivity index is 1.28. The molecule has 4 rings (SSSR count). The van der Waals surface area contributed by atoms with E-state index in [1.165, 1.54) is 53.4 Å². The van der Waals surface area contributed by atoms with Crippen LogP contribution in [0, 0.1) is 23.0 Å². The first-order valence-corrected chi connectivity index (χ1v) is 11.3. The van der Waals surface area contributed by atoms with E-state index in [4.69, 9.17) is 9.47 Å². The Bertz CT molecular complexity index is 1350. The Morgan fingerprint density at radius 2 is 1.57 bits per heavy atom. The maximum Gasteiger partial charge on any atom is 0.343 e. The maximum atomic E-state index is 12.5. The number of nitrogens with zero attached hydrogens (tertiary/aromatic N) is 2. The summed E-state index contributed by atoms with van der Waals surface area (Å²) in [5, 5.41) is 10.8. The second-order valence-electron chi connectivity index (χ2n) is 8.49. The van der Waals surface area contributed by atoms with Crippen molar-refractivity contribution < 1.29 is 33.6 Å². The van der Waals surface area contributed by atoms with E-state index in [1.54, 1.807) is 24.3 Å². The second kappa shape index (κ2) is 10.8. The van der Waals surface area contributed by atoms with Crippen LogP contribution in [0.5, 0.6) is 5.75 Å². The lowest BCUT2D eigenvalue weighted by Crippen LogP contribution is -2.27. The molecule has 10 nitrogen and oxygen atoms in total. The van der Waals surface area contributed by atoms with Crippen molar-refractivity contribution in [2.45, 2.75) is 13.3 Å². The highest BCUT2D eigenvalue weighted by molar-refractivity contribution is 6.01. The highest BCUT2D eigenvalue weighted by Gasteiger charge is 2.36. The van der Waals surface area contributed by atoms with Crippen LogP contribution in [0.2, 0.25) is 0 Å². The van der Waals surface area contributed by atoms with Gasteiger partial charge in [0, 0.05) is 36.3 Å². The molecule has 188 valence electrons. The van der Waals surface area contributed by atoms with Gasteiger partial charge >= 0.3 is 11.9 Å². The molecule has 0 unspecified atom stereocenters. The molecule has 10 heteroatoms. The monoisotopic (exact) mass is 502 g/mol. The first-order valence-electron chi connectivity index (χ1n) is 11.3. The smallest absolute Gasteiger partial charge is 0.343 e. The number of nitro groups is 1. The molecule has 0 aromatic heterocycles. The normalized spacial score (nSPS) is 14.8. The molecule has 0 spiro atoms. The minimum absolute atomic E-state index is 0.0463. The molecule has 3 aromatic carbocycles. The van der Waals surface area contributed by atoms with Crippen molar-refractivity contribution in [1.82, 2.24) is 0 Å². The summed E-state index contributed by atoms with van der Waals surface area (Å²) in [5.41, 5.74) is 2.00. The quantitative estimate of drug-likeness (QED) is 0.149. The van der Waals surface area contributed by atoms with Gasteiger partial charge in [-0.1, -0.05) is 17.7 Å². The van der Waals surface area contributed by atoms with Crippen LogP contribution in [0.25, 0.3) is 0 Å². The fraction of sp³-hybridized carbons (Fsp3) is 0.185. The highest BCUT2D eigenvalue weighted by atomic mass is 16.6. The maximum absolute atomic E-state index is 12.5. The summed E-state index contributed by atoms with van der Waals surface area (Å²) in [6.07, 6.45) is -0.0922. The van der Waals surface area contributed by atoms with Crippen LogP contribution >= 0.6 is 0 Å². The van der Waals surface area contributed by atoms with Gasteiger partial charge in [0.25, 0.3) is 5.69 Å². The molecular formula is C27H22N2O8. The number of hydrogen-bond acceptors (Lipinski definition) is 8. The summed E-state index contributed by atoms with van der Waals surface area (Å²) in [4.78, 5) is 61.2. The molecule has 0 N–H and O–H groups in total. The van der Waals surface area contributed by atoms with Crippen LogP contribution in [-0.4, -0.2) is 41.7 Å². The average Bonchev–Trinajstić information content (AvgIpc) is 3.29. The standard InChI is InChI=1S/C27H22N2O8/c1-17-2-4-19(5-3-17)27(33)37-23-12-6-18(7-13-23)24(30)16-36-26(32)20-14-25(31)28(15-20)21-8-10-22(11-9-21)29(34)35/h2-13,20H,14-16H2,1H3/t20-/m0/s1. The zero-order valence-corrected chi connectivity index (χ0v) is 19.8. The fourth-order valence-corrected chi connectivity index (χ4v) is 3.77. The first kappa shape index (κ1) is 25.2. The summed E-state index contributed by atoms with van der Waals surface area (Å²) >= 11 is 0. The molecule has 37 heavy (non-hydrogen) atoms. The molecule has 0 bridgehead atoms. The van der Waals surface area contributed by atoms with Crippen LogP contribution in [0.1, 0.15) is 32.7 Å². The third kappa shape index (κ3) is 6.04. The minimum atomic E-state index is -0.765. The van der Waals surface area contributed by atoms with Crippen LogP contribution in [0.15, 0.2) is 72.8 Å². The number of carbonyl (C=O) groups is 4. The number of esters is 2. The predicted molar refractivity (Wildman–Crippen MR) is 131 cm³/mol. The molecule has 3 aromatic rings. The Labute approximate surface area is 211 Å². The van der Waals surface area contributed by atoms with Crippen molar-refractivity contribution in [3.8, 4) is 5.75 Å². The lowest BCUT2D eigenvalue weighted by atomic mass is 10.1. The number of Topliss-reactive ketones (excluding diaryl/α,β-unsaturated/α-hetero) is 1. The number of nitro benzene ring substituents is 1. The molecular weight excluding hydrogens is 480 g/mol. The summed E-state index contributed by atoms with van der Waals surface area (Å²) in [6.45, 7) is 1.44. The highest BCUT2D eigenvalue weighted by Crippen LogP contribution is 2.27. The van der Waals surface area contributed by atoms with Gasteiger partial charge in [0.05, 0.1) is 16.4 Å². The predicted octanol–water partition coefficient (Wildman–Crippen LogP) is 3.90. The topological polar surface area (TPSA) is 133 Å². The van der Waals surface area contributed by atoms with Gasteiger partial charge in [-0.15, -0.1) is 0 Å². The number of ketones is 1. The number of rotatable bonds is 8. The van der Waals surface area contributed by atoms with Gasteiger partial charge in [-0.25, -0.2) is 4.79 Å². The van der Waals surface area contributed by atoms with Crippen LogP contribution in [0.4, 0.5) is 11.4 Å². The van der Waals surface area contributed by atoms with E-state index in [-0.39, 0.29) is 35.9 Å². The molecule has 1 atom stereocenters. The van der Waals surface area contributed by atoms with Crippen molar-refractivity contribution in [2.75, 3.05) is 18.1 Å². The van der Waals surface area contributed by atoms with Crippen molar-refractivity contribution in [3.05, 3.63) is 99.6 Å². The Hall–Kier alpha value is -4.86. The van der Waals surface area contributed by atoms with Crippen molar-refractivity contribution in [3.63, 3.8) is 0 Å². The lowest BCUT2D eigenvalue weighted by Gasteiger charge is -2.16. The summed E-state index contributed by atoms with van der Waals surface area (Å²) in [5.74, 6) is -2.50. The molecule has 1 aliphatic heterocycles. The third-order valence-corrected chi connectivity index (χ3v) is 5.85.